The molecule has 3 nitrogen and oxygen atoms in total. The number of hydrogen-bond acceptors (Lipinski definition) is 3. The summed E-state index contributed by atoms with van der Waals surface area (Å²) < 4.78 is 5.40. The van der Waals surface area contributed by atoms with Gasteiger partial charge in [-0.1, -0.05) is 13.8 Å². The van der Waals surface area contributed by atoms with Gasteiger partial charge in [-0.25, -0.2) is 0 Å². The fourth-order valence-electron chi connectivity index (χ4n) is 5.63. The van der Waals surface area contributed by atoms with Crippen molar-refractivity contribution in [2.75, 3.05) is 6.61 Å². The Hall–Kier alpha value is -0.860. The molecule has 0 spiro atoms. The molecule has 0 saturated heterocycles. The molecule has 4 fully saturated rings. The van der Waals surface area contributed by atoms with Crippen LogP contribution in [0.25, 0.3) is 0 Å². The summed E-state index contributed by atoms with van der Waals surface area (Å²) in [5, 5.41) is 0. The van der Waals surface area contributed by atoms with Crippen molar-refractivity contribution in [3.63, 3.8) is 0 Å². The van der Waals surface area contributed by atoms with E-state index >= 15 is 0 Å². The van der Waals surface area contributed by atoms with E-state index in [0.29, 0.717) is 37.1 Å². The minimum atomic E-state index is -0.419. The molecule has 0 aromatic carbocycles. The summed E-state index contributed by atoms with van der Waals surface area (Å²) in [6, 6.07) is 0. The van der Waals surface area contributed by atoms with Gasteiger partial charge in [-0.15, -0.1) is 0 Å². The van der Waals surface area contributed by atoms with Gasteiger partial charge >= 0.3 is 5.97 Å². The number of esters is 1. The Balaban J connectivity index is 1.50. The van der Waals surface area contributed by atoms with Crippen molar-refractivity contribution < 1.29 is 14.3 Å². The predicted octanol–water partition coefficient (Wildman–Crippen LogP) is 4.78. The van der Waals surface area contributed by atoms with Crippen molar-refractivity contribution in [2.45, 2.75) is 79.1 Å². The Bertz CT molecular complexity index is 477. The van der Waals surface area contributed by atoms with Gasteiger partial charge in [0, 0.05) is 11.8 Å². The van der Waals surface area contributed by atoms with Crippen LogP contribution in [0.5, 0.6) is 0 Å². The average Bonchev–Trinajstić information content (AvgIpc) is 2.55. The van der Waals surface area contributed by atoms with Gasteiger partial charge in [0.1, 0.15) is 5.78 Å². The zero-order valence-corrected chi connectivity index (χ0v) is 15.9. The topological polar surface area (TPSA) is 43.4 Å². The second-order valence-corrected chi connectivity index (χ2v) is 9.49. The minimum Gasteiger partial charge on any atom is -0.465 e. The zero-order valence-electron chi connectivity index (χ0n) is 15.9. The molecule has 0 aliphatic heterocycles. The Labute approximate surface area is 146 Å². The molecule has 0 atom stereocenters. The lowest BCUT2D eigenvalue weighted by molar-refractivity contribution is -0.157. The van der Waals surface area contributed by atoms with E-state index in [0.717, 1.165) is 18.3 Å². The van der Waals surface area contributed by atoms with Gasteiger partial charge in [-0.2, -0.15) is 0 Å². The first kappa shape index (κ1) is 17.9. The Kier molecular flexibility index (Phi) is 4.83. The minimum absolute atomic E-state index is 0.0971. The Morgan fingerprint density at radius 3 is 2.08 bits per heavy atom. The lowest BCUT2D eigenvalue weighted by Crippen LogP contribution is -2.55. The van der Waals surface area contributed by atoms with E-state index in [1.54, 1.807) is 0 Å². The number of Topliss-reactive ketones (excluding diaryl/α,β-unsaturated/α-hetero) is 1. The number of carbonyl (C=O) groups excluding carboxylic acids is 2. The summed E-state index contributed by atoms with van der Waals surface area (Å²) in [7, 11) is 0. The molecule has 0 heterocycles. The smallest absolute Gasteiger partial charge is 0.311 e. The molecule has 0 aromatic heterocycles. The van der Waals surface area contributed by atoms with E-state index in [4.69, 9.17) is 4.74 Å². The molecule has 4 saturated carbocycles. The molecule has 3 heteroatoms. The third-order valence-corrected chi connectivity index (χ3v) is 7.65. The van der Waals surface area contributed by atoms with Crippen molar-refractivity contribution in [1.29, 1.82) is 0 Å². The van der Waals surface area contributed by atoms with Crippen LogP contribution in [-0.2, 0) is 14.3 Å². The molecule has 4 aliphatic rings. The fraction of sp³-hybridized carbons (Fsp3) is 0.905. The standard InChI is InChI=1S/C21H34O3/c1-5-20(2,3)19(23)24-8-6-7-18(22)21(4)16-10-14-9-15(12-16)13-17(21)11-14/h14-17H,5-13H2,1-4H3. The number of rotatable bonds is 7. The highest BCUT2D eigenvalue weighted by Gasteiger charge is 2.57. The first-order valence-corrected chi connectivity index (χ1v) is 9.98. The van der Waals surface area contributed by atoms with E-state index in [1.165, 1.54) is 32.1 Å². The first-order chi connectivity index (χ1) is 11.3. The molecular formula is C21H34O3. The van der Waals surface area contributed by atoms with E-state index in [1.807, 2.05) is 20.8 Å². The summed E-state index contributed by atoms with van der Waals surface area (Å²) in [5.41, 5.74) is -0.516. The van der Waals surface area contributed by atoms with Crippen LogP contribution in [0.2, 0.25) is 0 Å². The fourth-order valence-corrected chi connectivity index (χ4v) is 5.63. The summed E-state index contributed by atoms with van der Waals surface area (Å²) in [6.45, 7) is 8.45. The number of carbonyl (C=O) groups is 2. The summed E-state index contributed by atoms with van der Waals surface area (Å²) >= 11 is 0. The molecule has 4 bridgehead atoms. The summed E-state index contributed by atoms with van der Waals surface area (Å²) in [4.78, 5) is 25.0. The predicted molar refractivity (Wildman–Crippen MR) is 94.4 cm³/mol. The first-order valence-electron chi connectivity index (χ1n) is 9.98. The van der Waals surface area contributed by atoms with Crippen LogP contribution in [0.3, 0.4) is 0 Å². The normalized spacial score (nSPS) is 37.5. The van der Waals surface area contributed by atoms with E-state index in [2.05, 4.69) is 6.92 Å². The Morgan fingerprint density at radius 1 is 1.04 bits per heavy atom. The van der Waals surface area contributed by atoms with Crippen LogP contribution in [0.1, 0.15) is 79.1 Å². The van der Waals surface area contributed by atoms with Gasteiger partial charge in [0.25, 0.3) is 0 Å². The highest BCUT2D eigenvalue weighted by Crippen LogP contribution is 2.62. The van der Waals surface area contributed by atoms with Crippen LogP contribution in [0.15, 0.2) is 0 Å². The molecule has 4 aliphatic carbocycles. The van der Waals surface area contributed by atoms with Crippen molar-refractivity contribution >= 4 is 11.8 Å². The molecule has 0 amide bonds. The quantitative estimate of drug-likeness (QED) is 0.497. The monoisotopic (exact) mass is 334 g/mol. The molecule has 24 heavy (non-hydrogen) atoms. The SMILES string of the molecule is CCC(C)(C)C(=O)OCCCC(=O)C1(C)C2CC3CC(C2)CC1C3. The average molecular weight is 335 g/mol. The lowest BCUT2D eigenvalue weighted by atomic mass is 9.44. The van der Waals surface area contributed by atoms with Gasteiger partial charge in [0.05, 0.1) is 12.0 Å². The highest BCUT2D eigenvalue weighted by molar-refractivity contribution is 5.85. The maximum Gasteiger partial charge on any atom is 0.311 e. The van der Waals surface area contributed by atoms with E-state index in [9.17, 15) is 9.59 Å². The third-order valence-electron chi connectivity index (χ3n) is 7.65. The van der Waals surface area contributed by atoms with Crippen LogP contribution in [-0.4, -0.2) is 18.4 Å². The maximum atomic E-state index is 13.0. The van der Waals surface area contributed by atoms with Crippen molar-refractivity contribution in [3.05, 3.63) is 0 Å². The van der Waals surface area contributed by atoms with Crippen molar-refractivity contribution in [1.82, 2.24) is 0 Å². The summed E-state index contributed by atoms with van der Waals surface area (Å²) in [5.74, 6) is 3.31. The van der Waals surface area contributed by atoms with E-state index < -0.39 is 5.41 Å². The highest BCUT2D eigenvalue weighted by atomic mass is 16.5. The molecular weight excluding hydrogens is 300 g/mol. The number of hydrogen-bond donors (Lipinski definition) is 0. The van der Waals surface area contributed by atoms with Crippen LogP contribution in [0.4, 0.5) is 0 Å². The van der Waals surface area contributed by atoms with Crippen molar-refractivity contribution in [2.24, 2.45) is 34.5 Å². The van der Waals surface area contributed by atoms with Gasteiger partial charge in [-0.05, 0) is 82.5 Å². The Morgan fingerprint density at radius 2 is 1.58 bits per heavy atom. The van der Waals surface area contributed by atoms with Gasteiger partial charge in [0.2, 0.25) is 0 Å². The lowest BCUT2D eigenvalue weighted by Gasteiger charge is -2.59. The second-order valence-electron chi connectivity index (χ2n) is 9.49. The molecule has 0 unspecified atom stereocenters. The molecule has 0 aromatic rings. The largest absolute Gasteiger partial charge is 0.465 e. The van der Waals surface area contributed by atoms with Crippen LogP contribution in [0, 0.1) is 34.5 Å². The maximum absolute atomic E-state index is 13.0. The van der Waals surface area contributed by atoms with Crippen LogP contribution >= 0.6 is 0 Å². The van der Waals surface area contributed by atoms with Gasteiger partial charge in [-0.3, -0.25) is 9.59 Å². The molecule has 136 valence electrons. The summed E-state index contributed by atoms with van der Waals surface area (Å²) in [6.07, 6.45) is 8.52. The van der Waals surface area contributed by atoms with Crippen LogP contribution < -0.4 is 0 Å². The molecule has 0 N–H and O–H groups in total. The van der Waals surface area contributed by atoms with E-state index in [-0.39, 0.29) is 11.4 Å². The van der Waals surface area contributed by atoms with Crippen molar-refractivity contribution in [3.8, 4) is 0 Å². The molecule has 4 rings (SSSR count). The molecule has 0 radical (unpaired) electrons. The van der Waals surface area contributed by atoms with Gasteiger partial charge < -0.3 is 4.74 Å². The third kappa shape index (κ3) is 3.04. The number of ether oxygens (including phenoxy) is 1. The van der Waals surface area contributed by atoms with Gasteiger partial charge in [0.15, 0.2) is 0 Å². The second kappa shape index (κ2) is 6.46. The zero-order chi connectivity index (χ0) is 17.5. The number of ketones is 1.